The van der Waals surface area contributed by atoms with Gasteiger partial charge in [0.05, 0.1) is 0 Å². The quantitative estimate of drug-likeness (QED) is 0.800. The zero-order valence-corrected chi connectivity index (χ0v) is 15.3. The predicted octanol–water partition coefficient (Wildman–Crippen LogP) is 2.01. The first-order valence-electron chi connectivity index (χ1n) is 9.79. The molecule has 3 rings (SSSR count). The monoisotopic (exact) mass is 334 g/mol. The van der Waals surface area contributed by atoms with Gasteiger partial charge in [0.15, 0.2) is 0 Å². The van der Waals surface area contributed by atoms with Crippen LogP contribution in [-0.4, -0.2) is 80.1 Å². The lowest BCUT2D eigenvalue weighted by molar-refractivity contribution is 0.111. The van der Waals surface area contributed by atoms with E-state index in [9.17, 15) is 4.79 Å². The minimum atomic E-state index is 0.155. The van der Waals surface area contributed by atoms with E-state index in [-0.39, 0.29) is 6.03 Å². The molecule has 1 N–H and O–H groups in total. The number of piperidine rings is 1. The van der Waals surface area contributed by atoms with Crippen LogP contribution < -0.4 is 5.32 Å². The van der Waals surface area contributed by atoms with Gasteiger partial charge in [-0.15, -0.1) is 0 Å². The van der Waals surface area contributed by atoms with Crippen LogP contribution in [0, 0.1) is 11.8 Å². The van der Waals surface area contributed by atoms with Crippen LogP contribution in [-0.2, 0) is 0 Å². The molecule has 24 heavy (non-hydrogen) atoms. The van der Waals surface area contributed by atoms with Gasteiger partial charge < -0.3 is 20.0 Å². The first kappa shape index (κ1) is 17.7. The maximum Gasteiger partial charge on any atom is 0.317 e. The van der Waals surface area contributed by atoms with Crippen molar-refractivity contribution < 1.29 is 4.79 Å². The highest BCUT2D eigenvalue weighted by Gasteiger charge is 2.25. The Morgan fingerprint density at radius 2 is 1.75 bits per heavy atom. The van der Waals surface area contributed by atoms with Crippen LogP contribution in [0.25, 0.3) is 0 Å². The normalized spacial score (nSPS) is 27.4. The van der Waals surface area contributed by atoms with Gasteiger partial charge in [-0.05, 0) is 51.0 Å². The van der Waals surface area contributed by atoms with Gasteiger partial charge in [0.2, 0.25) is 0 Å². The number of likely N-dealkylation sites (N-methyl/N-ethyl adjacent to an activating group) is 1. The molecule has 136 valence electrons. The van der Waals surface area contributed by atoms with E-state index in [1.807, 2.05) is 4.90 Å². The number of nitrogens with zero attached hydrogens (tertiary/aromatic N) is 3. The smallest absolute Gasteiger partial charge is 0.317 e. The molecule has 1 aliphatic carbocycles. The molecular weight excluding hydrogens is 300 g/mol. The Hall–Kier alpha value is -1.07. The highest BCUT2D eigenvalue weighted by atomic mass is 16.2. The summed E-state index contributed by atoms with van der Waals surface area (Å²) in [4.78, 5) is 19.4. The lowest BCUT2D eigenvalue weighted by Crippen LogP contribution is -2.49. The Morgan fingerprint density at radius 3 is 2.42 bits per heavy atom. The molecular formula is C19H34N4O. The third-order valence-corrected chi connectivity index (χ3v) is 5.93. The summed E-state index contributed by atoms with van der Waals surface area (Å²) in [5, 5.41) is 3.16. The molecule has 2 heterocycles. The van der Waals surface area contributed by atoms with Crippen LogP contribution >= 0.6 is 0 Å². The number of amides is 2. The zero-order valence-electron chi connectivity index (χ0n) is 15.3. The second-order valence-corrected chi connectivity index (χ2v) is 7.87. The predicted molar refractivity (Wildman–Crippen MR) is 98.1 cm³/mol. The molecule has 2 amide bonds. The van der Waals surface area contributed by atoms with Crippen LogP contribution in [0.15, 0.2) is 12.2 Å². The van der Waals surface area contributed by atoms with Gasteiger partial charge in [-0.1, -0.05) is 12.2 Å². The van der Waals surface area contributed by atoms with Crippen molar-refractivity contribution in [3.05, 3.63) is 12.2 Å². The third-order valence-electron chi connectivity index (χ3n) is 5.93. The summed E-state index contributed by atoms with van der Waals surface area (Å²) in [7, 11) is 2.21. The lowest BCUT2D eigenvalue weighted by atomic mass is 9.94. The zero-order chi connectivity index (χ0) is 16.8. The van der Waals surface area contributed by atoms with Gasteiger partial charge in [0.1, 0.15) is 0 Å². The third kappa shape index (κ3) is 5.21. The SMILES string of the molecule is CN1CCN(CC2CCN(C(=O)NCC3CC=CCC3)CC2)CC1. The number of hydrogen-bond acceptors (Lipinski definition) is 3. The van der Waals surface area contributed by atoms with Crippen LogP contribution in [0.4, 0.5) is 4.79 Å². The number of piperazine rings is 1. The number of nitrogens with one attached hydrogen (secondary N) is 1. The summed E-state index contributed by atoms with van der Waals surface area (Å²) in [6.07, 6.45) is 10.3. The second kappa shape index (κ2) is 8.86. The number of rotatable bonds is 4. The van der Waals surface area contributed by atoms with E-state index >= 15 is 0 Å². The van der Waals surface area contributed by atoms with Crippen molar-refractivity contribution >= 4 is 6.03 Å². The standard InChI is InChI=1S/C19H34N4O/c1-21-11-13-22(14-12-21)16-18-7-9-23(10-8-18)19(24)20-15-17-5-3-2-4-6-17/h2-3,17-18H,4-16H2,1H3,(H,20,24). The van der Waals surface area contributed by atoms with E-state index in [2.05, 4.69) is 34.3 Å². The molecule has 5 heteroatoms. The van der Waals surface area contributed by atoms with E-state index in [0.717, 1.165) is 51.2 Å². The topological polar surface area (TPSA) is 38.8 Å². The van der Waals surface area contributed by atoms with Gasteiger partial charge in [-0.3, -0.25) is 0 Å². The largest absolute Gasteiger partial charge is 0.338 e. The molecule has 0 bridgehead atoms. The van der Waals surface area contributed by atoms with Crippen LogP contribution in [0.5, 0.6) is 0 Å². The summed E-state index contributed by atoms with van der Waals surface area (Å²) in [6.45, 7) is 8.70. The first-order chi connectivity index (χ1) is 11.7. The molecule has 3 aliphatic rings. The number of urea groups is 1. The van der Waals surface area contributed by atoms with Crippen LogP contribution in [0.1, 0.15) is 32.1 Å². The van der Waals surface area contributed by atoms with Crippen molar-refractivity contribution in [3.63, 3.8) is 0 Å². The Labute approximate surface area is 147 Å². The van der Waals surface area contributed by atoms with E-state index in [4.69, 9.17) is 0 Å². The van der Waals surface area contributed by atoms with Crippen LogP contribution in [0.2, 0.25) is 0 Å². The number of allylic oxidation sites excluding steroid dienone is 2. The fraction of sp³-hybridized carbons (Fsp3) is 0.842. The summed E-state index contributed by atoms with van der Waals surface area (Å²) in [5.74, 6) is 1.40. The van der Waals surface area contributed by atoms with Crippen molar-refractivity contribution in [1.29, 1.82) is 0 Å². The molecule has 2 fully saturated rings. The van der Waals surface area contributed by atoms with Crippen molar-refractivity contribution in [2.75, 3.05) is 59.4 Å². The van der Waals surface area contributed by atoms with Gasteiger partial charge >= 0.3 is 6.03 Å². The minimum absolute atomic E-state index is 0.155. The molecule has 1 unspecified atom stereocenters. The summed E-state index contributed by atoms with van der Waals surface area (Å²) in [6, 6.07) is 0.155. The molecule has 0 aromatic rings. The summed E-state index contributed by atoms with van der Waals surface area (Å²) < 4.78 is 0. The molecule has 0 aromatic carbocycles. The summed E-state index contributed by atoms with van der Waals surface area (Å²) >= 11 is 0. The number of hydrogen-bond donors (Lipinski definition) is 1. The average Bonchev–Trinajstić information content (AvgIpc) is 2.63. The Bertz CT molecular complexity index is 423. The highest BCUT2D eigenvalue weighted by Crippen LogP contribution is 2.20. The fourth-order valence-electron chi connectivity index (χ4n) is 4.10. The number of carbonyl (C=O) groups is 1. The van der Waals surface area contributed by atoms with Gasteiger partial charge in [-0.25, -0.2) is 4.79 Å². The molecule has 2 saturated heterocycles. The maximum absolute atomic E-state index is 12.4. The molecule has 1 atom stereocenters. The molecule has 0 spiro atoms. The van der Waals surface area contributed by atoms with Crippen molar-refractivity contribution in [2.24, 2.45) is 11.8 Å². The Balaban J connectivity index is 1.32. The van der Waals surface area contributed by atoms with Crippen molar-refractivity contribution in [3.8, 4) is 0 Å². The number of carbonyl (C=O) groups excluding carboxylic acids is 1. The summed E-state index contributed by atoms with van der Waals surface area (Å²) in [5.41, 5.74) is 0. The second-order valence-electron chi connectivity index (χ2n) is 7.87. The maximum atomic E-state index is 12.4. The molecule has 0 radical (unpaired) electrons. The van der Waals surface area contributed by atoms with E-state index in [0.29, 0.717) is 5.92 Å². The van der Waals surface area contributed by atoms with Crippen molar-refractivity contribution in [2.45, 2.75) is 32.1 Å². The van der Waals surface area contributed by atoms with Gasteiger partial charge in [0.25, 0.3) is 0 Å². The van der Waals surface area contributed by atoms with Gasteiger partial charge in [0, 0.05) is 52.4 Å². The first-order valence-corrected chi connectivity index (χ1v) is 9.79. The van der Waals surface area contributed by atoms with E-state index in [1.165, 1.54) is 39.1 Å². The number of likely N-dealkylation sites (tertiary alicyclic amines) is 1. The van der Waals surface area contributed by atoms with E-state index < -0.39 is 0 Å². The highest BCUT2D eigenvalue weighted by molar-refractivity contribution is 5.74. The Morgan fingerprint density at radius 1 is 1.00 bits per heavy atom. The fourth-order valence-corrected chi connectivity index (χ4v) is 4.10. The molecule has 2 aliphatic heterocycles. The molecule has 0 aromatic heterocycles. The minimum Gasteiger partial charge on any atom is -0.338 e. The van der Waals surface area contributed by atoms with Crippen molar-refractivity contribution in [1.82, 2.24) is 20.0 Å². The Kier molecular flexibility index (Phi) is 6.55. The molecule has 0 saturated carbocycles. The molecule has 5 nitrogen and oxygen atoms in total. The average molecular weight is 335 g/mol. The van der Waals surface area contributed by atoms with E-state index in [1.54, 1.807) is 0 Å². The lowest BCUT2D eigenvalue weighted by Gasteiger charge is -2.38. The van der Waals surface area contributed by atoms with Crippen LogP contribution in [0.3, 0.4) is 0 Å². The van der Waals surface area contributed by atoms with Gasteiger partial charge in [-0.2, -0.15) is 0 Å².